The molecule has 146 valence electrons. The molecule has 1 saturated heterocycles. The number of carbonyl (C=O) groups excluding carboxylic acids is 1. The zero-order chi connectivity index (χ0) is 19.8. The van der Waals surface area contributed by atoms with Crippen molar-refractivity contribution in [2.45, 2.75) is 18.9 Å². The minimum absolute atomic E-state index is 0.00110. The van der Waals surface area contributed by atoms with E-state index in [9.17, 15) is 4.79 Å². The van der Waals surface area contributed by atoms with Gasteiger partial charge in [0.25, 0.3) is 5.91 Å². The molecular weight excluding hydrogens is 382 g/mol. The zero-order valence-electron chi connectivity index (χ0n) is 15.9. The molecule has 0 saturated carbocycles. The number of nitrogens with zero attached hydrogens (tertiary/aromatic N) is 3. The molecule has 2 N–H and O–H groups in total. The summed E-state index contributed by atoms with van der Waals surface area (Å²) in [6.45, 7) is 3.87. The predicted molar refractivity (Wildman–Crippen MR) is 114 cm³/mol. The summed E-state index contributed by atoms with van der Waals surface area (Å²) in [4.78, 5) is 19.9. The number of fused-ring (bicyclic) bond motifs is 2. The van der Waals surface area contributed by atoms with Crippen molar-refractivity contribution in [2.75, 3.05) is 31.1 Å². The standard InChI is InChI=1S/C22H21N5OS/c23-13-14-1-4-17-15(11-14)2-5-18(17)25-21(28)16-3-6-19-20(12-16)29-22(26-19)27-9-7-24-8-10-27/h1,3-4,6,11-12,18,24H,2,5,7-10H2,(H,25,28). The van der Waals surface area contributed by atoms with Crippen LogP contribution in [0.5, 0.6) is 0 Å². The largest absolute Gasteiger partial charge is 0.346 e. The van der Waals surface area contributed by atoms with Crippen LogP contribution in [0.2, 0.25) is 0 Å². The quantitative estimate of drug-likeness (QED) is 0.703. The van der Waals surface area contributed by atoms with Gasteiger partial charge in [-0.1, -0.05) is 17.4 Å². The van der Waals surface area contributed by atoms with E-state index in [1.165, 1.54) is 0 Å². The van der Waals surface area contributed by atoms with Gasteiger partial charge in [0, 0.05) is 31.7 Å². The molecule has 1 aliphatic heterocycles. The Bertz CT molecular complexity index is 1130. The maximum Gasteiger partial charge on any atom is 0.251 e. The summed E-state index contributed by atoms with van der Waals surface area (Å²) < 4.78 is 1.04. The average molecular weight is 404 g/mol. The van der Waals surface area contributed by atoms with Gasteiger partial charge in [0.1, 0.15) is 0 Å². The van der Waals surface area contributed by atoms with Crippen molar-refractivity contribution >= 4 is 32.6 Å². The Balaban J connectivity index is 1.35. The predicted octanol–water partition coefficient (Wildman–Crippen LogP) is 2.99. The van der Waals surface area contributed by atoms with Gasteiger partial charge in [0.15, 0.2) is 5.13 Å². The number of rotatable bonds is 3. The molecule has 0 bridgehead atoms. The van der Waals surface area contributed by atoms with E-state index >= 15 is 0 Å². The lowest BCUT2D eigenvalue weighted by molar-refractivity contribution is 0.0937. The number of anilines is 1. The summed E-state index contributed by atoms with van der Waals surface area (Å²) in [5.74, 6) is -0.0637. The van der Waals surface area contributed by atoms with Gasteiger partial charge in [-0.05, 0) is 54.3 Å². The van der Waals surface area contributed by atoms with Gasteiger partial charge in [0.2, 0.25) is 0 Å². The molecule has 7 heteroatoms. The van der Waals surface area contributed by atoms with Crippen LogP contribution in [0.15, 0.2) is 36.4 Å². The number of hydrogen-bond donors (Lipinski definition) is 2. The molecule has 2 heterocycles. The molecule has 1 fully saturated rings. The normalized spacial score (nSPS) is 18.4. The van der Waals surface area contributed by atoms with Crippen molar-refractivity contribution in [3.63, 3.8) is 0 Å². The van der Waals surface area contributed by atoms with E-state index in [1.54, 1.807) is 11.3 Å². The Hall–Kier alpha value is -2.95. The summed E-state index contributed by atoms with van der Waals surface area (Å²) >= 11 is 1.65. The number of amides is 1. The van der Waals surface area contributed by atoms with Gasteiger partial charge in [0.05, 0.1) is 27.9 Å². The molecule has 1 atom stereocenters. The van der Waals surface area contributed by atoms with E-state index in [4.69, 9.17) is 10.2 Å². The number of aryl methyl sites for hydroxylation is 1. The van der Waals surface area contributed by atoms with Crippen LogP contribution in [-0.2, 0) is 6.42 Å². The van der Waals surface area contributed by atoms with E-state index in [2.05, 4.69) is 21.6 Å². The average Bonchev–Trinajstić information content (AvgIpc) is 3.37. The number of carbonyl (C=O) groups is 1. The van der Waals surface area contributed by atoms with Gasteiger partial charge in [-0.25, -0.2) is 4.98 Å². The molecule has 6 nitrogen and oxygen atoms in total. The third-order valence-corrected chi connectivity index (χ3v) is 6.76. The Morgan fingerprint density at radius 2 is 2.10 bits per heavy atom. The minimum atomic E-state index is -0.0637. The lowest BCUT2D eigenvalue weighted by Gasteiger charge is -2.26. The molecule has 0 spiro atoms. The van der Waals surface area contributed by atoms with Crippen LogP contribution in [0.25, 0.3) is 10.2 Å². The maximum absolute atomic E-state index is 12.9. The Morgan fingerprint density at radius 1 is 1.24 bits per heavy atom. The second kappa shape index (κ2) is 7.47. The van der Waals surface area contributed by atoms with Crippen LogP contribution in [0.1, 0.15) is 39.5 Å². The summed E-state index contributed by atoms with van der Waals surface area (Å²) in [6, 6.07) is 13.6. The maximum atomic E-state index is 12.9. The fourth-order valence-corrected chi connectivity index (χ4v) is 5.18. The highest BCUT2D eigenvalue weighted by molar-refractivity contribution is 7.22. The van der Waals surface area contributed by atoms with Crippen LogP contribution in [0.3, 0.4) is 0 Å². The first-order chi connectivity index (χ1) is 14.2. The molecule has 0 radical (unpaired) electrons. The van der Waals surface area contributed by atoms with Crippen molar-refractivity contribution in [3.05, 3.63) is 58.7 Å². The first-order valence-corrected chi connectivity index (χ1v) is 10.7. The Kier molecular flexibility index (Phi) is 4.66. The number of nitrogens with one attached hydrogen (secondary N) is 2. The van der Waals surface area contributed by atoms with Gasteiger partial charge >= 0.3 is 0 Å². The van der Waals surface area contributed by atoms with E-state index in [0.29, 0.717) is 11.1 Å². The lowest BCUT2D eigenvalue weighted by Crippen LogP contribution is -2.43. The number of aromatic nitrogens is 1. The highest BCUT2D eigenvalue weighted by Gasteiger charge is 2.25. The molecule has 1 amide bonds. The SMILES string of the molecule is N#Cc1ccc2c(c1)CCC2NC(=O)c1ccc2nc(N3CCNCC3)sc2c1. The number of thiazole rings is 1. The topological polar surface area (TPSA) is 81.0 Å². The molecule has 29 heavy (non-hydrogen) atoms. The number of nitriles is 1. The highest BCUT2D eigenvalue weighted by Crippen LogP contribution is 2.33. The first-order valence-electron chi connectivity index (χ1n) is 9.91. The highest BCUT2D eigenvalue weighted by atomic mass is 32.1. The van der Waals surface area contributed by atoms with E-state index in [1.807, 2.05) is 36.4 Å². The second-order valence-electron chi connectivity index (χ2n) is 7.51. The number of hydrogen-bond acceptors (Lipinski definition) is 6. The van der Waals surface area contributed by atoms with E-state index in [-0.39, 0.29) is 11.9 Å². The third kappa shape index (κ3) is 3.46. The number of piperazine rings is 1. The smallest absolute Gasteiger partial charge is 0.251 e. The second-order valence-corrected chi connectivity index (χ2v) is 8.52. The minimum Gasteiger partial charge on any atom is -0.346 e. The van der Waals surface area contributed by atoms with Crippen LogP contribution in [0.4, 0.5) is 5.13 Å². The fraction of sp³-hybridized carbons (Fsp3) is 0.318. The third-order valence-electron chi connectivity index (χ3n) is 5.68. The van der Waals surface area contributed by atoms with Gasteiger partial charge in [-0.2, -0.15) is 5.26 Å². The first kappa shape index (κ1) is 18.1. The van der Waals surface area contributed by atoms with Gasteiger partial charge < -0.3 is 15.5 Å². The molecule has 1 aliphatic carbocycles. The molecular formula is C22H21N5OS. The zero-order valence-corrected chi connectivity index (χ0v) is 16.8. The molecule has 3 aromatic rings. The Morgan fingerprint density at radius 3 is 2.93 bits per heavy atom. The van der Waals surface area contributed by atoms with Crippen LogP contribution in [-0.4, -0.2) is 37.1 Å². The Labute approximate surface area is 173 Å². The van der Waals surface area contributed by atoms with Gasteiger partial charge in [-0.15, -0.1) is 0 Å². The van der Waals surface area contributed by atoms with Crippen LogP contribution >= 0.6 is 11.3 Å². The summed E-state index contributed by atoms with van der Waals surface area (Å²) in [6.07, 6.45) is 1.75. The number of benzene rings is 2. The molecule has 5 rings (SSSR count). The molecule has 1 unspecified atom stereocenters. The van der Waals surface area contributed by atoms with Crippen molar-refractivity contribution < 1.29 is 4.79 Å². The summed E-state index contributed by atoms with van der Waals surface area (Å²) in [5, 5.41) is 16.6. The van der Waals surface area contributed by atoms with Gasteiger partial charge in [-0.3, -0.25) is 4.79 Å². The van der Waals surface area contributed by atoms with Crippen LogP contribution < -0.4 is 15.5 Å². The molecule has 2 aliphatic rings. The summed E-state index contributed by atoms with van der Waals surface area (Å²) in [5.41, 5.74) is 4.56. The van der Waals surface area contributed by atoms with Crippen LogP contribution in [0, 0.1) is 11.3 Å². The van der Waals surface area contributed by atoms with E-state index < -0.39 is 0 Å². The lowest BCUT2D eigenvalue weighted by atomic mass is 10.0. The summed E-state index contributed by atoms with van der Waals surface area (Å²) in [7, 11) is 0. The fourth-order valence-electron chi connectivity index (χ4n) is 4.12. The van der Waals surface area contributed by atoms with Crippen molar-refractivity contribution in [1.29, 1.82) is 5.26 Å². The van der Waals surface area contributed by atoms with E-state index in [0.717, 1.165) is 65.5 Å². The monoisotopic (exact) mass is 403 g/mol. The van der Waals surface area contributed by atoms with Crippen molar-refractivity contribution in [3.8, 4) is 6.07 Å². The van der Waals surface area contributed by atoms with Crippen molar-refractivity contribution in [2.24, 2.45) is 0 Å². The molecule has 2 aromatic carbocycles. The molecule has 1 aromatic heterocycles. The van der Waals surface area contributed by atoms with Crippen molar-refractivity contribution in [1.82, 2.24) is 15.6 Å².